The Balaban J connectivity index is 1.49. The number of halogens is 3. The normalized spacial score (nSPS) is 28.1. The molecule has 0 spiro atoms. The summed E-state index contributed by atoms with van der Waals surface area (Å²) in [6, 6.07) is 20.6. The van der Waals surface area contributed by atoms with Gasteiger partial charge in [-0.3, -0.25) is 19.3 Å². The van der Waals surface area contributed by atoms with E-state index in [1.165, 1.54) is 0 Å². The molecule has 0 radical (unpaired) electrons. The molecular formula is C29H23Cl3N2O3. The summed E-state index contributed by atoms with van der Waals surface area (Å²) in [4.78, 5) is 40.5. The van der Waals surface area contributed by atoms with Crippen LogP contribution in [-0.2, 0) is 24.1 Å². The number of nitrogens with one attached hydrogen (secondary N) is 1. The molecule has 0 unspecified atom stereocenters. The van der Waals surface area contributed by atoms with Gasteiger partial charge in [-0.05, 0) is 46.4 Å². The Labute approximate surface area is 229 Å². The van der Waals surface area contributed by atoms with Gasteiger partial charge in [0.15, 0.2) is 0 Å². The lowest BCUT2D eigenvalue weighted by Crippen LogP contribution is -2.57. The molecule has 3 atom stereocenters. The predicted molar refractivity (Wildman–Crippen MR) is 144 cm³/mol. The van der Waals surface area contributed by atoms with Crippen LogP contribution in [0.3, 0.4) is 0 Å². The van der Waals surface area contributed by atoms with E-state index < -0.39 is 45.3 Å². The average Bonchev–Trinajstić information content (AvgIpc) is 3.14. The van der Waals surface area contributed by atoms with Crippen molar-refractivity contribution in [1.29, 1.82) is 0 Å². The summed E-state index contributed by atoms with van der Waals surface area (Å²) < 4.78 is 0. The lowest BCUT2D eigenvalue weighted by molar-refractivity contribution is -0.148. The third kappa shape index (κ3) is 3.14. The van der Waals surface area contributed by atoms with Crippen LogP contribution in [0, 0.1) is 17.8 Å². The Kier molecular flexibility index (Phi) is 5.50. The molecule has 1 aliphatic heterocycles. The Hall–Kier alpha value is -2.86. The summed E-state index contributed by atoms with van der Waals surface area (Å²) in [5.74, 6) is -3.73. The first kappa shape index (κ1) is 24.5. The van der Waals surface area contributed by atoms with Crippen molar-refractivity contribution in [3.63, 3.8) is 0 Å². The molecule has 188 valence electrons. The third-order valence-corrected chi connectivity index (χ3v) is 9.41. The summed E-state index contributed by atoms with van der Waals surface area (Å²) in [6.07, 6.45) is 0. The van der Waals surface area contributed by atoms with Gasteiger partial charge in [0.25, 0.3) is 0 Å². The predicted octanol–water partition coefficient (Wildman–Crippen LogP) is 5.90. The maximum atomic E-state index is 14.2. The second kappa shape index (κ2) is 8.32. The van der Waals surface area contributed by atoms with E-state index in [1.54, 1.807) is 38.1 Å². The number of carbonyl (C=O) groups excluding carboxylic acids is 3. The molecule has 7 rings (SSSR count). The van der Waals surface area contributed by atoms with Crippen LogP contribution in [0.4, 0.5) is 5.69 Å². The van der Waals surface area contributed by atoms with Crippen molar-refractivity contribution in [2.45, 2.75) is 29.6 Å². The van der Waals surface area contributed by atoms with Crippen molar-refractivity contribution in [1.82, 2.24) is 4.90 Å². The van der Waals surface area contributed by atoms with E-state index in [0.717, 1.165) is 27.2 Å². The van der Waals surface area contributed by atoms with E-state index in [2.05, 4.69) is 5.32 Å². The zero-order valence-corrected chi connectivity index (χ0v) is 22.3. The molecule has 3 aromatic carbocycles. The number of alkyl halides is 2. The fraction of sp³-hybridized carbons (Fsp3) is 0.276. The largest absolute Gasteiger partial charge is 0.324 e. The quantitative estimate of drug-likeness (QED) is 0.323. The molecule has 1 N–H and O–H groups in total. The minimum atomic E-state index is -1.29. The maximum absolute atomic E-state index is 14.2. The average molecular weight is 554 g/mol. The van der Waals surface area contributed by atoms with Crippen molar-refractivity contribution in [3.8, 4) is 0 Å². The Morgan fingerprint density at radius 2 is 1.27 bits per heavy atom. The van der Waals surface area contributed by atoms with Crippen LogP contribution >= 0.6 is 34.8 Å². The summed E-state index contributed by atoms with van der Waals surface area (Å²) in [6.45, 7) is 3.60. The van der Waals surface area contributed by atoms with Gasteiger partial charge in [-0.1, -0.05) is 80.0 Å². The summed E-state index contributed by atoms with van der Waals surface area (Å²) in [5, 5.41) is 3.28. The molecule has 1 saturated heterocycles. The van der Waals surface area contributed by atoms with Gasteiger partial charge in [0.05, 0.1) is 11.8 Å². The highest BCUT2D eigenvalue weighted by atomic mass is 35.5. The zero-order chi connectivity index (χ0) is 26.3. The summed E-state index contributed by atoms with van der Waals surface area (Å²) in [7, 11) is 0. The van der Waals surface area contributed by atoms with Crippen molar-refractivity contribution < 1.29 is 14.4 Å². The van der Waals surface area contributed by atoms with E-state index in [1.807, 2.05) is 48.5 Å². The monoisotopic (exact) mass is 552 g/mol. The van der Waals surface area contributed by atoms with Crippen LogP contribution in [0.15, 0.2) is 72.8 Å². The third-order valence-electron chi connectivity index (χ3n) is 7.89. The fourth-order valence-corrected chi connectivity index (χ4v) is 7.75. The molecule has 8 heteroatoms. The first-order chi connectivity index (χ1) is 17.6. The van der Waals surface area contributed by atoms with Gasteiger partial charge in [0.1, 0.15) is 15.8 Å². The minimum absolute atomic E-state index is 0.368. The molecule has 0 aromatic heterocycles. The topological polar surface area (TPSA) is 66.5 Å². The van der Waals surface area contributed by atoms with Gasteiger partial charge >= 0.3 is 0 Å². The number of imide groups is 1. The standard InChI is InChI=1S/C29H23Cl3N2O3/c1-15(2)24(25(35)33-17-9-7-8-16(30)14-17)34-26(36)22-23(27(34)37)29(32)19-11-4-3-10-18(19)28(22,31)20-12-5-6-13-21(20)29/h3-15,22-24H,1-2H3,(H,33,35)/t22-,23-,24+,28?,29?/m1/s1. The van der Waals surface area contributed by atoms with Crippen LogP contribution in [0.2, 0.25) is 5.02 Å². The van der Waals surface area contributed by atoms with Crippen LogP contribution in [0.5, 0.6) is 0 Å². The number of carbonyl (C=O) groups is 3. The highest BCUT2D eigenvalue weighted by molar-refractivity contribution is 6.36. The van der Waals surface area contributed by atoms with Crippen LogP contribution in [0.1, 0.15) is 36.1 Å². The van der Waals surface area contributed by atoms with E-state index in [9.17, 15) is 14.4 Å². The molecule has 1 fully saturated rings. The molecule has 2 bridgehead atoms. The number of hydrogen-bond donors (Lipinski definition) is 1. The first-order valence-corrected chi connectivity index (χ1v) is 13.3. The summed E-state index contributed by atoms with van der Waals surface area (Å²) >= 11 is 21.1. The van der Waals surface area contributed by atoms with E-state index in [0.29, 0.717) is 10.7 Å². The van der Waals surface area contributed by atoms with Gasteiger partial charge in [-0.2, -0.15) is 0 Å². The number of benzene rings is 3. The van der Waals surface area contributed by atoms with Crippen molar-refractivity contribution in [2.24, 2.45) is 17.8 Å². The Morgan fingerprint density at radius 1 is 0.811 bits per heavy atom. The molecule has 3 aromatic rings. The number of likely N-dealkylation sites (tertiary alicyclic amines) is 1. The fourth-order valence-electron chi connectivity index (χ4n) is 6.46. The first-order valence-electron chi connectivity index (χ1n) is 12.1. The van der Waals surface area contributed by atoms with Gasteiger partial charge in [0.2, 0.25) is 17.7 Å². The summed E-state index contributed by atoms with van der Waals surface area (Å²) in [5.41, 5.74) is 3.36. The second-order valence-corrected chi connectivity index (χ2v) is 11.8. The highest BCUT2D eigenvalue weighted by Gasteiger charge is 2.73. The van der Waals surface area contributed by atoms with Gasteiger partial charge in [-0.15, -0.1) is 23.2 Å². The molecule has 37 heavy (non-hydrogen) atoms. The zero-order valence-electron chi connectivity index (χ0n) is 20.0. The van der Waals surface area contributed by atoms with Crippen LogP contribution in [-0.4, -0.2) is 28.7 Å². The van der Waals surface area contributed by atoms with E-state index in [4.69, 9.17) is 34.8 Å². The minimum Gasteiger partial charge on any atom is -0.324 e. The lowest BCUT2D eigenvalue weighted by atomic mass is 9.54. The number of anilines is 1. The molecular weight excluding hydrogens is 531 g/mol. The molecule has 0 saturated carbocycles. The Morgan fingerprint density at radius 3 is 1.68 bits per heavy atom. The molecule has 3 aliphatic carbocycles. The number of amides is 3. The van der Waals surface area contributed by atoms with Crippen molar-refractivity contribution in [2.75, 3.05) is 5.32 Å². The van der Waals surface area contributed by atoms with Crippen molar-refractivity contribution >= 4 is 58.2 Å². The number of rotatable bonds is 4. The number of nitrogens with zero attached hydrogens (tertiary/aromatic N) is 1. The molecule has 3 amide bonds. The molecule has 5 nitrogen and oxygen atoms in total. The lowest BCUT2D eigenvalue weighted by Gasteiger charge is -2.54. The van der Waals surface area contributed by atoms with Crippen LogP contribution < -0.4 is 5.32 Å². The number of hydrogen-bond acceptors (Lipinski definition) is 3. The highest BCUT2D eigenvalue weighted by Crippen LogP contribution is 2.69. The van der Waals surface area contributed by atoms with E-state index >= 15 is 0 Å². The van der Waals surface area contributed by atoms with Gasteiger partial charge < -0.3 is 5.32 Å². The second-order valence-electron chi connectivity index (χ2n) is 10.2. The van der Waals surface area contributed by atoms with Crippen LogP contribution in [0.25, 0.3) is 0 Å². The molecule has 4 aliphatic rings. The smallest absolute Gasteiger partial charge is 0.247 e. The SMILES string of the molecule is CC(C)[C@@H](C(=O)Nc1cccc(Cl)c1)N1C(=O)[C@H]2[C@H](C1=O)C1(Cl)c3ccccc3C2(Cl)c2ccccc21. The molecule has 1 heterocycles. The van der Waals surface area contributed by atoms with E-state index in [-0.39, 0.29) is 5.92 Å². The van der Waals surface area contributed by atoms with Gasteiger partial charge in [-0.25, -0.2) is 0 Å². The van der Waals surface area contributed by atoms with Gasteiger partial charge in [0, 0.05) is 10.7 Å². The Bertz CT molecular complexity index is 1360. The van der Waals surface area contributed by atoms with Crippen molar-refractivity contribution in [3.05, 3.63) is 100 Å². The maximum Gasteiger partial charge on any atom is 0.247 e.